The van der Waals surface area contributed by atoms with Gasteiger partial charge in [0.2, 0.25) is 0 Å². The normalized spacial score (nSPS) is 10.3. The van der Waals surface area contributed by atoms with Gasteiger partial charge in [-0.15, -0.1) is 0 Å². The minimum atomic E-state index is -0.774. The fourth-order valence-corrected chi connectivity index (χ4v) is 2.00. The molecule has 1 aromatic rings. The SMILES string of the molecule is Cc1cc(CCCC(=O)O)cc(Br)c1O. The molecule has 0 aliphatic rings. The summed E-state index contributed by atoms with van der Waals surface area (Å²) in [6, 6.07) is 3.70. The van der Waals surface area contributed by atoms with Crippen LogP contribution >= 0.6 is 15.9 Å². The van der Waals surface area contributed by atoms with Gasteiger partial charge >= 0.3 is 5.97 Å². The number of carbonyl (C=O) groups is 1. The van der Waals surface area contributed by atoms with Gasteiger partial charge in [0.15, 0.2) is 0 Å². The number of carboxylic acids is 1. The summed E-state index contributed by atoms with van der Waals surface area (Å²) in [5.41, 5.74) is 1.84. The number of halogens is 1. The standard InChI is InChI=1S/C11H13BrO3/c1-7-5-8(3-2-4-10(13)14)6-9(12)11(7)15/h5-6,15H,2-4H2,1H3,(H,13,14). The van der Waals surface area contributed by atoms with E-state index in [2.05, 4.69) is 15.9 Å². The fraction of sp³-hybridized carbons (Fsp3) is 0.364. The lowest BCUT2D eigenvalue weighted by Crippen LogP contribution is -1.96. The van der Waals surface area contributed by atoms with Crippen molar-refractivity contribution < 1.29 is 15.0 Å². The first kappa shape index (κ1) is 12.0. The van der Waals surface area contributed by atoms with Gasteiger partial charge in [0.05, 0.1) is 4.47 Å². The van der Waals surface area contributed by atoms with Gasteiger partial charge in [0.1, 0.15) is 5.75 Å². The van der Waals surface area contributed by atoms with E-state index >= 15 is 0 Å². The van der Waals surface area contributed by atoms with Crippen molar-refractivity contribution in [2.24, 2.45) is 0 Å². The molecular formula is C11H13BrO3. The maximum absolute atomic E-state index is 10.3. The van der Waals surface area contributed by atoms with Crippen LogP contribution in [0.25, 0.3) is 0 Å². The Bertz CT molecular complexity index is 351. The number of hydrogen-bond donors (Lipinski definition) is 2. The Balaban J connectivity index is 2.66. The first-order valence-electron chi connectivity index (χ1n) is 4.70. The third kappa shape index (κ3) is 3.55. The largest absolute Gasteiger partial charge is 0.506 e. The summed E-state index contributed by atoms with van der Waals surface area (Å²) in [6.45, 7) is 1.82. The Hall–Kier alpha value is -1.03. The number of phenolic OH excluding ortho intramolecular Hbond substituents is 1. The van der Waals surface area contributed by atoms with E-state index in [4.69, 9.17) is 5.11 Å². The summed E-state index contributed by atoms with van der Waals surface area (Å²) in [6.07, 6.45) is 1.51. The molecule has 3 nitrogen and oxygen atoms in total. The zero-order valence-corrected chi connectivity index (χ0v) is 10.0. The van der Waals surface area contributed by atoms with E-state index in [1.54, 1.807) is 0 Å². The quantitative estimate of drug-likeness (QED) is 0.886. The number of phenols is 1. The predicted molar refractivity (Wildman–Crippen MR) is 61.1 cm³/mol. The molecule has 0 radical (unpaired) electrons. The second-order valence-electron chi connectivity index (χ2n) is 3.49. The van der Waals surface area contributed by atoms with Crippen LogP contribution in [0.1, 0.15) is 24.0 Å². The zero-order valence-electron chi connectivity index (χ0n) is 8.46. The maximum atomic E-state index is 10.3. The topological polar surface area (TPSA) is 57.5 Å². The molecule has 2 N–H and O–H groups in total. The first-order chi connectivity index (χ1) is 7.00. The van der Waals surface area contributed by atoms with Crippen LogP contribution < -0.4 is 0 Å². The number of aliphatic carboxylic acids is 1. The number of aryl methyl sites for hydroxylation is 2. The molecule has 0 heterocycles. The van der Waals surface area contributed by atoms with E-state index in [-0.39, 0.29) is 12.2 Å². The fourth-order valence-electron chi connectivity index (χ4n) is 1.40. The molecule has 4 heteroatoms. The Kier molecular flexibility index (Phi) is 4.15. The molecule has 0 aromatic heterocycles. The van der Waals surface area contributed by atoms with Crippen LogP contribution in [0.5, 0.6) is 5.75 Å². The molecule has 15 heavy (non-hydrogen) atoms. The van der Waals surface area contributed by atoms with E-state index in [1.165, 1.54) is 0 Å². The molecule has 0 fully saturated rings. The second kappa shape index (κ2) is 5.16. The molecule has 0 bridgehead atoms. The Morgan fingerprint density at radius 2 is 2.13 bits per heavy atom. The molecular weight excluding hydrogens is 260 g/mol. The molecule has 82 valence electrons. The highest BCUT2D eigenvalue weighted by Gasteiger charge is 2.05. The van der Waals surface area contributed by atoms with E-state index in [1.807, 2.05) is 19.1 Å². The van der Waals surface area contributed by atoms with Crippen LogP contribution in [-0.2, 0) is 11.2 Å². The number of benzene rings is 1. The maximum Gasteiger partial charge on any atom is 0.303 e. The highest BCUT2D eigenvalue weighted by Crippen LogP contribution is 2.29. The van der Waals surface area contributed by atoms with Crippen molar-refractivity contribution in [3.63, 3.8) is 0 Å². The Labute approximate surface area is 96.9 Å². The molecule has 0 saturated heterocycles. The number of carboxylic acid groups (broad SMARTS) is 1. The van der Waals surface area contributed by atoms with Gasteiger partial charge in [-0.25, -0.2) is 0 Å². The van der Waals surface area contributed by atoms with Crippen molar-refractivity contribution in [3.05, 3.63) is 27.7 Å². The van der Waals surface area contributed by atoms with E-state index in [0.29, 0.717) is 17.3 Å². The summed E-state index contributed by atoms with van der Waals surface area (Å²) in [5, 5.41) is 18.0. The average molecular weight is 273 g/mol. The van der Waals surface area contributed by atoms with Crippen LogP contribution in [0, 0.1) is 6.92 Å². The minimum absolute atomic E-state index is 0.178. The van der Waals surface area contributed by atoms with Crippen LogP contribution in [0.15, 0.2) is 16.6 Å². The summed E-state index contributed by atoms with van der Waals surface area (Å²) >= 11 is 3.25. The van der Waals surface area contributed by atoms with Crippen molar-refractivity contribution in [2.75, 3.05) is 0 Å². The molecule has 0 spiro atoms. The van der Waals surface area contributed by atoms with Crippen LogP contribution in [0.4, 0.5) is 0 Å². The molecule has 0 unspecified atom stereocenters. The molecule has 1 rings (SSSR count). The zero-order chi connectivity index (χ0) is 11.4. The van der Waals surface area contributed by atoms with Crippen molar-refractivity contribution in [1.82, 2.24) is 0 Å². The number of hydrogen-bond acceptors (Lipinski definition) is 2. The third-order valence-corrected chi connectivity index (χ3v) is 2.77. The van der Waals surface area contributed by atoms with Gasteiger partial charge in [0.25, 0.3) is 0 Å². The van der Waals surface area contributed by atoms with Crippen LogP contribution in [0.2, 0.25) is 0 Å². The lowest BCUT2D eigenvalue weighted by atomic mass is 10.1. The van der Waals surface area contributed by atoms with E-state index in [0.717, 1.165) is 11.1 Å². The summed E-state index contributed by atoms with van der Waals surface area (Å²) in [7, 11) is 0. The van der Waals surface area contributed by atoms with Crippen molar-refractivity contribution in [3.8, 4) is 5.75 Å². The minimum Gasteiger partial charge on any atom is -0.506 e. The van der Waals surface area contributed by atoms with E-state index in [9.17, 15) is 9.90 Å². The smallest absolute Gasteiger partial charge is 0.303 e. The van der Waals surface area contributed by atoms with E-state index < -0.39 is 5.97 Å². The van der Waals surface area contributed by atoms with Crippen LogP contribution in [0.3, 0.4) is 0 Å². The van der Waals surface area contributed by atoms with Gasteiger partial charge in [-0.3, -0.25) is 4.79 Å². The van der Waals surface area contributed by atoms with Crippen LogP contribution in [-0.4, -0.2) is 16.2 Å². The Morgan fingerprint density at radius 3 is 2.67 bits per heavy atom. The lowest BCUT2D eigenvalue weighted by molar-refractivity contribution is -0.137. The van der Waals surface area contributed by atoms with Crippen molar-refractivity contribution >= 4 is 21.9 Å². The highest BCUT2D eigenvalue weighted by molar-refractivity contribution is 9.10. The molecule has 0 aliphatic heterocycles. The molecule has 0 amide bonds. The first-order valence-corrected chi connectivity index (χ1v) is 5.50. The average Bonchev–Trinajstić information content (AvgIpc) is 2.13. The van der Waals surface area contributed by atoms with Gasteiger partial charge in [-0.05, 0) is 52.9 Å². The highest BCUT2D eigenvalue weighted by atomic mass is 79.9. The number of aromatic hydroxyl groups is 1. The molecule has 0 saturated carbocycles. The van der Waals surface area contributed by atoms with Gasteiger partial charge in [0, 0.05) is 6.42 Å². The monoisotopic (exact) mass is 272 g/mol. The van der Waals surface area contributed by atoms with Gasteiger partial charge < -0.3 is 10.2 Å². The predicted octanol–water partition coefficient (Wildman–Crippen LogP) is 2.87. The molecule has 1 aromatic carbocycles. The molecule has 0 atom stereocenters. The third-order valence-electron chi connectivity index (χ3n) is 2.17. The summed E-state index contributed by atoms with van der Waals surface area (Å²) < 4.78 is 0.660. The number of rotatable bonds is 4. The summed E-state index contributed by atoms with van der Waals surface area (Å²) in [4.78, 5) is 10.3. The molecule has 0 aliphatic carbocycles. The van der Waals surface area contributed by atoms with Crippen molar-refractivity contribution in [2.45, 2.75) is 26.2 Å². The second-order valence-corrected chi connectivity index (χ2v) is 4.34. The lowest BCUT2D eigenvalue weighted by Gasteiger charge is -2.06. The van der Waals surface area contributed by atoms with Gasteiger partial charge in [-0.1, -0.05) is 6.07 Å². The van der Waals surface area contributed by atoms with Crippen molar-refractivity contribution in [1.29, 1.82) is 0 Å². The summed E-state index contributed by atoms with van der Waals surface area (Å²) in [5.74, 6) is -0.526. The van der Waals surface area contributed by atoms with Gasteiger partial charge in [-0.2, -0.15) is 0 Å². The Morgan fingerprint density at radius 1 is 1.47 bits per heavy atom.